The molecule has 11 heteroatoms. The molecule has 0 aliphatic rings. The van der Waals surface area contributed by atoms with Crippen molar-refractivity contribution in [2.45, 2.75) is 46.3 Å². The van der Waals surface area contributed by atoms with Gasteiger partial charge in [-0.25, -0.2) is 5.43 Å². The van der Waals surface area contributed by atoms with E-state index in [1.165, 1.54) is 12.3 Å². The number of halogens is 3. The lowest BCUT2D eigenvalue weighted by molar-refractivity contribution is -0.132. The molecule has 0 heterocycles. The van der Waals surface area contributed by atoms with E-state index < -0.39 is 24.0 Å². The van der Waals surface area contributed by atoms with E-state index in [1.54, 1.807) is 25.1 Å². The fourth-order valence-electron chi connectivity index (χ4n) is 3.73. The van der Waals surface area contributed by atoms with Gasteiger partial charge in [0.1, 0.15) is 11.8 Å². The minimum atomic E-state index is -0.941. The van der Waals surface area contributed by atoms with Gasteiger partial charge >= 0.3 is 0 Å². The van der Waals surface area contributed by atoms with Gasteiger partial charge in [0, 0.05) is 11.4 Å². The predicted molar refractivity (Wildman–Crippen MR) is 170 cm³/mol. The molecule has 2 amide bonds. The molecule has 0 bridgehead atoms. The predicted octanol–water partition coefficient (Wildman–Crippen LogP) is 6.83. The normalized spacial score (nSPS) is 12.6. The molecule has 0 unspecified atom stereocenters. The van der Waals surface area contributed by atoms with Gasteiger partial charge in [-0.3, -0.25) is 9.59 Å². The maximum atomic E-state index is 13.2. The smallest absolute Gasteiger partial charge is 0.262 e. The van der Waals surface area contributed by atoms with Crippen molar-refractivity contribution in [2.75, 3.05) is 13.2 Å². The fraction of sp³-hybridized carbons (Fsp3) is 0.323. The first kappa shape index (κ1) is 33.2. The molecule has 42 heavy (non-hydrogen) atoms. The lowest BCUT2D eigenvalue weighted by Crippen LogP contribution is -2.50. The minimum absolute atomic E-state index is 0.240. The third kappa shape index (κ3) is 10.2. The molecule has 0 saturated carbocycles. The standard InChI is InChI=1S/C31H34BrCl2N3O5/c1-5-40-28-15-22(13-24(32)29(28)41-18-19(2)3)17-35-37-31(39)26(14-21-9-7-6-8-10-21)36-30(38)20(4)42-27-12-11-23(33)16-25(27)34/h6-13,15-17,19-20,26H,5,14,18H2,1-4H3,(H,36,38)(H,37,39)/b35-17-/t20-,26-/m0/s1. The summed E-state index contributed by atoms with van der Waals surface area (Å²) in [5, 5.41) is 7.62. The van der Waals surface area contributed by atoms with Gasteiger partial charge in [-0.2, -0.15) is 5.10 Å². The highest BCUT2D eigenvalue weighted by Gasteiger charge is 2.25. The average molecular weight is 679 g/mol. The lowest BCUT2D eigenvalue weighted by Gasteiger charge is -2.21. The minimum Gasteiger partial charge on any atom is -0.490 e. The van der Waals surface area contributed by atoms with E-state index in [-0.39, 0.29) is 11.4 Å². The summed E-state index contributed by atoms with van der Waals surface area (Å²) in [5.41, 5.74) is 4.07. The van der Waals surface area contributed by atoms with E-state index in [0.717, 1.165) is 5.56 Å². The molecule has 3 aromatic rings. The second-order valence-electron chi connectivity index (χ2n) is 9.79. The van der Waals surface area contributed by atoms with Crippen molar-refractivity contribution >= 4 is 57.2 Å². The number of nitrogens with zero attached hydrogens (tertiary/aromatic N) is 1. The highest BCUT2D eigenvalue weighted by Crippen LogP contribution is 2.37. The number of hydrogen-bond acceptors (Lipinski definition) is 6. The van der Waals surface area contributed by atoms with Crippen LogP contribution in [0.15, 0.2) is 70.2 Å². The van der Waals surface area contributed by atoms with Gasteiger partial charge < -0.3 is 19.5 Å². The molecule has 224 valence electrons. The zero-order valence-electron chi connectivity index (χ0n) is 23.8. The molecule has 0 aromatic heterocycles. The molecule has 2 N–H and O–H groups in total. The van der Waals surface area contributed by atoms with E-state index in [2.05, 4.69) is 45.6 Å². The molecular formula is C31H34BrCl2N3O5. The van der Waals surface area contributed by atoms with Gasteiger partial charge in [0.25, 0.3) is 11.8 Å². The van der Waals surface area contributed by atoms with Crippen molar-refractivity contribution in [1.82, 2.24) is 10.7 Å². The Balaban J connectivity index is 1.73. The first-order chi connectivity index (χ1) is 20.1. The third-order valence-electron chi connectivity index (χ3n) is 5.76. The quantitative estimate of drug-likeness (QED) is 0.144. The summed E-state index contributed by atoms with van der Waals surface area (Å²) in [6.45, 7) is 8.57. The largest absolute Gasteiger partial charge is 0.490 e. The average Bonchev–Trinajstić information content (AvgIpc) is 2.94. The Kier molecular flexibility index (Phi) is 13.0. The maximum Gasteiger partial charge on any atom is 0.262 e. The Bertz CT molecular complexity index is 1390. The topological polar surface area (TPSA) is 98.2 Å². The second kappa shape index (κ2) is 16.4. The molecule has 0 saturated heterocycles. The summed E-state index contributed by atoms with van der Waals surface area (Å²) in [6, 6.07) is 16.7. The molecule has 2 atom stereocenters. The molecule has 3 aromatic carbocycles. The monoisotopic (exact) mass is 677 g/mol. The lowest BCUT2D eigenvalue weighted by atomic mass is 10.1. The van der Waals surface area contributed by atoms with E-state index in [9.17, 15) is 9.59 Å². The zero-order chi connectivity index (χ0) is 30.6. The van der Waals surface area contributed by atoms with Crippen molar-refractivity contribution in [3.05, 3.63) is 86.3 Å². The van der Waals surface area contributed by atoms with Gasteiger partial charge in [0.15, 0.2) is 17.6 Å². The van der Waals surface area contributed by atoms with E-state index >= 15 is 0 Å². The van der Waals surface area contributed by atoms with Crippen LogP contribution in [-0.4, -0.2) is 43.4 Å². The number of carbonyl (C=O) groups is 2. The summed E-state index contributed by atoms with van der Waals surface area (Å²) >= 11 is 15.7. The van der Waals surface area contributed by atoms with Gasteiger partial charge in [-0.05, 0) is 77.2 Å². The van der Waals surface area contributed by atoms with E-state index in [0.29, 0.717) is 51.4 Å². The number of benzene rings is 3. The van der Waals surface area contributed by atoms with Crippen LogP contribution in [0.2, 0.25) is 10.0 Å². The molecule has 3 rings (SSSR count). The number of amides is 2. The highest BCUT2D eigenvalue weighted by atomic mass is 79.9. The van der Waals surface area contributed by atoms with E-state index in [4.69, 9.17) is 37.4 Å². The number of rotatable bonds is 14. The molecule has 0 aliphatic heterocycles. The van der Waals surface area contributed by atoms with Crippen molar-refractivity contribution in [3.8, 4) is 17.2 Å². The van der Waals surface area contributed by atoms with Gasteiger partial charge in [-0.1, -0.05) is 67.4 Å². The zero-order valence-corrected chi connectivity index (χ0v) is 26.9. The summed E-state index contributed by atoms with van der Waals surface area (Å²) in [5.74, 6) is 0.815. The number of ether oxygens (including phenoxy) is 3. The number of hydrazone groups is 1. The molecule has 0 fully saturated rings. The number of nitrogens with one attached hydrogen (secondary N) is 2. The van der Waals surface area contributed by atoms with Crippen LogP contribution in [-0.2, 0) is 16.0 Å². The Morgan fingerprint density at radius 1 is 0.976 bits per heavy atom. The first-order valence-corrected chi connectivity index (χ1v) is 15.0. The summed E-state index contributed by atoms with van der Waals surface area (Å²) in [7, 11) is 0. The van der Waals surface area contributed by atoms with Gasteiger partial charge in [0.05, 0.1) is 28.9 Å². The Hall–Kier alpha value is -3.27. The van der Waals surface area contributed by atoms with Crippen LogP contribution in [0.1, 0.15) is 38.8 Å². The Labute approximate surface area is 264 Å². The van der Waals surface area contributed by atoms with Gasteiger partial charge in [0.2, 0.25) is 0 Å². The number of hydrogen-bond donors (Lipinski definition) is 2. The third-order valence-corrected chi connectivity index (χ3v) is 6.88. The van der Waals surface area contributed by atoms with Crippen molar-refractivity contribution in [3.63, 3.8) is 0 Å². The summed E-state index contributed by atoms with van der Waals surface area (Å²) < 4.78 is 18.1. The number of carbonyl (C=O) groups excluding carboxylic acids is 2. The maximum absolute atomic E-state index is 13.2. The van der Waals surface area contributed by atoms with Crippen LogP contribution in [0.5, 0.6) is 17.2 Å². The van der Waals surface area contributed by atoms with Crippen LogP contribution < -0.4 is 25.0 Å². The van der Waals surface area contributed by atoms with Crippen LogP contribution in [0.3, 0.4) is 0 Å². The SMILES string of the molecule is CCOc1cc(/C=N\NC(=O)[C@H](Cc2ccccc2)NC(=O)[C@H](C)Oc2ccc(Cl)cc2Cl)cc(Br)c1OCC(C)C. The summed E-state index contributed by atoms with van der Waals surface area (Å²) in [6.07, 6.45) is 0.793. The van der Waals surface area contributed by atoms with Crippen molar-refractivity contribution in [2.24, 2.45) is 11.0 Å². The van der Waals surface area contributed by atoms with Crippen molar-refractivity contribution < 1.29 is 23.8 Å². The molecule has 0 radical (unpaired) electrons. The van der Waals surface area contributed by atoms with Crippen LogP contribution in [0.25, 0.3) is 0 Å². The van der Waals surface area contributed by atoms with Crippen LogP contribution >= 0.6 is 39.1 Å². The summed E-state index contributed by atoms with van der Waals surface area (Å²) in [4.78, 5) is 26.3. The molecular weight excluding hydrogens is 645 g/mol. The Morgan fingerprint density at radius 2 is 1.71 bits per heavy atom. The van der Waals surface area contributed by atoms with Crippen molar-refractivity contribution in [1.29, 1.82) is 0 Å². The second-order valence-corrected chi connectivity index (χ2v) is 11.5. The van der Waals surface area contributed by atoms with Gasteiger partial charge in [-0.15, -0.1) is 0 Å². The molecule has 0 aliphatic carbocycles. The fourth-order valence-corrected chi connectivity index (χ4v) is 4.75. The van der Waals surface area contributed by atoms with Crippen LogP contribution in [0, 0.1) is 5.92 Å². The Morgan fingerprint density at radius 3 is 2.38 bits per heavy atom. The highest BCUT2D eigenvalue weighted by molar-refractivity contribution is 9.10. The molecule has 0 spiro atoms. The first-order valence-electron chi connectivity index (χ1n) is 13.4. The van der Waals surface area contributed by atoms with E-state index in [1.807, 2.05) is 43.3 Å². The van der Waals surface area contributed by atoms with Crippen LogP contribution in [0.4, 0.5) is 0 Å². The molecule has 8 nitrogen and oxygen atoms in total.